The second-order valence-electron chi connectivity index (χ2n) is 6.44. The number of guanidine groups is 1. The Bertz CT molecular complexity index is 925. The molecule has 0 radical (unpaired) electrons. The van der Waals surface area contributed by atoms with Crippen LogP contribution in [0.5, 0.6) is 0 Å². The number of benzene rings is 1. The van der Waals surface area contributed by atoms with Crippen LogP contribution in [0, 0.1) is 6.92 Å². The van der Waals surface area contributed by atoms with Crippen LogP contribution in [0.3, 0.4) is 0 Å². The van der Waals surface area contributed by atoms with Crippen molar-refractivity contribution in [3.8, 4) is 0 Å². The molecule has 1 aromatic heterocycles. The molecule has 0 bridgehead atoms. The van der Waals surface area contributed by atoms with Crippen molar-refractivity contribution in [2.45, 2.75) is 24.2 Å². The van der Waals surface area contributed by atoms with Crippen LogP contribution in [0.1, 0.15) is 16.0 Å². The maximum atomic E-state index is 12.7. The number of rotatable bonds is 6. The Hall–Kier alpha value is -1.21. The van der Waals surface area contributed by atoms with Crippen LogP contribution in [0.4, 0.5) is 0 Å². The van der Waals surface area contributed by atoms with Gasteiger partial charge in [-0.15, -0.1) is 35.3 Å². The summed E-state index contributed by atoms with van der Waals surface area (Å²) in [6.45, 7) is 4.97. The molecule has 29 heavy (non-hydrogen) atoms. The summed E-state index contributed by atoms with van der Waals surface area (Å²) in [6.07, 6.45) is 0. The first kappa shape index (κ1) is 24.1. The van der Waals surface area contributed by atoms with Crippen molar-refractivity contribution < 1.29 is 13.2 Å². The van der Waals surface area contributed by atoms with E-state index in [-0.39, 0.29) is 24.0 Å². The predicted octanol–water partition coefficient (Wildman–Crippen LogP) is 2.56. The van der Waals surface area contributed by atoms with E-state index in [1.54, 1.807) is 13.1 Å². The fraction of sp³-hybridized carbons (Fsp3) is 0.421. The Labute approximate surface area is 193 Å². The van der Waals surface area contributed by atoms with E-state index in [4.69, 9.17) is 4.74 Å². The summed E-state index contributed by atoms with van der Waals surface area (Å²) in [5, 5.41) is 6.53. The van der Waals surface area contributed by atoms with Crippen LogP contribution in [0.2, 0.25) is 0 Å². The van der Waals surface area contributed by atoms with Crippen LogP contribution >= 0.6 is 35.3 Å². The van der Waals surface area contributed by atoms with Gasteiger partial charge >= 0.3 is 0 Å². The van der Waals surface area contributed by atoms with Gasteiger partial charge in [0.25, 0.3) is 10.0 Å². The summed E-state index contributed by atoms with van der Waals surface area (Å²) in [5.74, 6) is 0.675. The number of nitrogens with one attached hydrogen (secondary N) is 2. The number of halogens is 1. The molecule has 1 saturated heterocycles. The minimum Gasteiger partial charge on any atom is -0.379 e. The highest BCUT2D eigenvalue weighted by atomic mass is 127. The van der Waals surface area contributed by atoms with Crippen molar-refractivity contribution >= 4 is 51.3 Å². The van der Waals surface area contributed by atoms with Crippen LogP contribution in [-0.4, -0.2) is 52.0 Å². The minimum atomic E-state index is -3.44. The number of sulfonamides is 1. The summed E-state index contributed by atoms with van der Waals surface area (Å²) in [6, 6.07) is 11.7. The molecule has 10 heteroatoms. The summed E-state index contributed by atoms with van der Waals surface area (Å²) < 4.78 is 32.5. The Morgan fingerprint density at radius 2 is 1.83 bits per heavy atom. The highest BCUT2D eigenvalue weighted by Crippen LogP contribution is 2.25. The van der Waals surface area contributed by atoms with Gasteiger partial charge in [0.2, 0.25) is 0 Å². The molecular weight excluding hydrogens is 523 g/mol. The average Bonchev–Trinajstić information content (AvgIpc) is 3.20. The monoisotopic (exact) mass is 550 g/mol. The number of ether oxygens (including phenoxy) is 1. The number of hydrogen-bond donors (Lipinski definition) is 2. The number of nitrogens with zero attached hydrogens (tertiary/aromatic N) is 2. The van der Waals surface area contributed by atoms with E-state index in [0.717, 1.165) is 4.88 Å². The van der Waals surface area contributed by atoms with E-state index in [1.165, 1.54) is 26.8 Å². The first-order valence-electron chi connectivity index (χ1n) is 9.16. The SMILES string of the molecule is CN=C(NCc1ccc(S(=O)(=O)N2CCOCC2)s1)NCc1ccccc1C.I. The van der Waals surface area contributed by atoms with E-state index in [2.05, 4.69) is 34.7 Å². The van der Waals surface area contributed by atoms with Gasteiger partial charge in [0.15, 0.2) is 5.96 Å². The molecule has 0 amide bonds. The zero-order valence-electron chi connectivity index (χ0n) is 16.6. The molecule has 0 spiro atoms. The fourth-order valence-electron chi connectivity index (χ4n) is 2.88. The molecule has 0 unspecified atom stereocenters. The first-order valence-corrected chi connectivity index (χ1v) is 11.4. The number of aryl methyl sites for hydroxylation is 1. The molecule has 0 saturated carbocycles. The van der Waals surface area contributed by atoms with E-state index in [9.17, 15) is 8.42 Å². The standard InChI is InChI=1S/C19H26N4O3S2.HI/c1-15-5-3-4-6-16(15)13-21-19(20-2)22-14-17-7-8-18(27-17)28(24,25)23-9-11-26-12-10-23;/h3-8H,9-14H2,1-2H3,(H2,20,21,22);1H. The number of hydrogen-bond acceptors (Lipinski definition) is 5. The second-order valence-corrected chi connectivity index (χ2v) is 9.78. The van der Waals surface area contributed by atoms with Crippen LogP contribution in [0.15, 0.2) is 45.6 Å². The lowest BCUT2D eigenvalue weighted by molar-refractivity contribution is 0.0731. The number of aliphatic imine (C=N–C) groups is 1. The fourth-order valence-corrected chi connectivity index (χ4v) is 5.74. The average molecular weight is 550 g/mol. The maximum absolute atomic E-state index is 12.7. The number of morpholine rings is 1. The van der Waals surface area contributed by atoms with Crippen LogP contribution in [0.25, 0.3) is 0 Å². The molecular formula is C19H27IN4O3S2. The molecule has 0 aliphatic carbocycles. The minimum absolute atomic E-state index is 0. The quantitative estimate of drug-likeness (QED) is 0.328. The van der Waals surface area contributed by atoms with Crippen molar-refractivity contribution in [1.82, 2.24) is 14.9 Å². The van der Waals surface area contributed by atoms with Gasteiger partial charge in [-0.2, -0.15) is 4.31 Å². The third-order valence-electron chi connectivity index (χ3n) is 4.56. The third-order valence-corrected chi connectivity index (χ3v) is 8.01. The molecule has 0 atom stereocenters. The summed E-state index contributed by atoms with van der Waals surface area (Å²) in [7, 11) is -1.72. The van der Waals surface area contributed by atoms with Gasteiger partial charge < -0.3 is 15.4 Å². The third kappa shape index (κ3) is 6.38. The second kappa shape index (κ2) is 11.3. The van der Waals surface area contributed by atoms with Crippen molar-refractivity contribution in [2.24, 2.45) is 4.99 Å². The summed E-state index contributed by atoms with van der Waals surface area (Å²) in [5.41, 5.74) is 2.43. The van der Waals surface area contributed by atoms with E-state index < -0.39 is 10.0 Å². The maximum Gasteiger partial charge on any atom is 0.252 e. The zero-order valence-corrected chi connectivity index (χ0v) is 20.5. The summed E-state index contributed by atoms with van der Waals surface area (Å²) in [4.78, 5) is 5.17. The lowest BCUT2D eigenvalue weighted by atomic mass is 10.1. The lowest BCUT2D eigenvalue weighted by Crippen LogP contribution is -2.40. The van der Waals surface area contributed by atoms with E-state index in [0.29, 0.717) is 49.6 Å². The lowest BCUT2D eigenvalue weighted by Gasteiger charge is -2.25. The van der Waals surface area contributed by atoms with Crippen LogP contribution in [-0.2, 0) is 27.8 Å². The van der Waals surface area contributed by atoms with Crippen molar-refractivity contribution in [1.29, 1.82) is 0 Å². The number of thiophene rings is 1. The van der Waals surface area contributed by atoms with Gasteiger partial charge in [0.1, 0.15) is 4.21 Å². The Morgan fingerprint density at radius 3 is 2.52 bits per heavy atom. The van der Waals surface area contributed by atoms with Crippen LogP contribution < -0.4 is 10.6 Å². The van der Waals surface area contributed by atoms with E-state index in [1.807, 2.05) is 18.2 Å². The molecule has 1 fully saturated rings. The molecule has 1 aliphatic rings. The molecule has 2 N–H and O–H groups in total. The molecule has 1 aliphatic heterocycles. The summed E-state index contributed by atoms with van der Waals surface area (Å²) >= 11 is 1.29. The molecule has 160 valence electrons. The Balaban J connectivity index is 0.00000300. The topological polar surface area (TPSA) is 83.0 Å². The molecule has 3 rings (SSSR count). The highest BCUT2D eigenvalue weighted by molar-refractivity contribution is 14.0. The van der Waals surface area contributed by atoms with Gasteiger partial charge in [-0.3, -0.25) is 4.99 Å². The van der Waals surface area contributed by atoms with Crippen molar-refractivity contribution in [3.63, 3.8) is 0 Å². The molecule has 2 aromatic rings. The first-order chi connectivity index (χ1) is 13.5. The molecule has 2 heterocycles. The predicted molar refractivity (Wildman–Crippen MR) is 128 cm³/mol. The van der Waals surface area contributed by atoms with E-state index >= 15 is 0 Å². The smallest absolute Gasteiger partial charge is 0.252 e. The Kier molecular flexibility index (Phi) is 9.34. The Morgan fingerprint density at radius 1 is 1.14 bits per heavy atom. The van der Waals surface area contributed by atoms with Gasteiger partial charge in [-0.05, 0) is 30.2 Å². The van der Waals surface area contributed by atoms with Gasteiger partial charge in [0.05, 0.1) is 19.8 Å². The van der Waals surface area contributed by atoms with Gasteiger partial charge in [0, 0.05) is 31.6 Å². The normalized spacial score (nSPS) is 15.6. The molecule has 7 nitrogen and oxygen atoms in total. The highest BCUT2D eigenvalue weighted by Gasteiger charge is 2.27. The molecule has 1 aromatic carbocycles. The zero-order chi connectivity index (χ0) is 20.0. The van der Waals surface area contributed by atoms with Crippen molar-refractivity contribution in [2.75, 3.05) is 33.4 Å². The van der Waals surface area contributed by atoms with Gasteiger partial charge in [-0.1, -0.05) is 24.3 Å². The largest absolute Gasteiger partial charge is 0.379 e. The van der Waals surface area contributed by atoms with Crippen molar-refractivity contribution in [3.05, 3.63) is 52.4 Å². The van der Waals surface area contributed by atoms with Gasteiger partial charge in [-0.25, -0.2) is 8.42 Å².